The second-order valence-corrected chi connectivity index (χ2v) is 9.84. The number of amides is 2. The molecule has 2 aliphatic heterocycles. The lowest BCUT2D eigenvalue weighted by atomic mass is 10.1. The predicted molar refractivity (Wildman–Crippen MR) is 114 cm³/mol. The van der Waals surface area contributed by atoms with Crippen LogP contribution < -0.4 is 10.2 Å². The summed E-state index contributed by atoms with van der Waals surface area (Å²) in [5.74, 6) is -0.550. The van der Waals surface area contributed by atoms with Gasteiger partial charge in [0, 0.05) is 36.9 Å². The average Bonchev–Trinajstić information content (AvgIpc) is 3.27. The largest absolute Gasteiger partial charge is 0.371 e. The van der Waals surface area contributed by atoms with Gasteiger partial charge in [0.15, 0.2) is 0 Å². The second-order valence-electron chi connectivity index (χ2n) is 8.06. The number of carbonyl (C=O) groups excluding carboxylic acids is 2. The van der Waals surface area contributed by atoms with Gasteiger partial charge in [-0.2, -0.15) is 0 Å². The average molecular weight is 428 g/mol. The van der Waals surface area contributed by atoms with Crippen molar-refractivity contribution in [2.45, 2.75) is 31.2 Å². The first-order valence-corrected chi connectivity index (χ1v) is 11.5. The third kappa shape index (κ3) is 3.56. The first-order valence-electron chi connectivity index (χ1n) is 10.1. The molecule has 0 saturated carbocycles. The van der Waals surface area contributed by atoms with E-state index in [1.807, 2.05) is 18.2 Å². The molecule has 4 rings (SSSR count). The maximum Gasteiger partial charge on any atom is 0.269 e. The van der Waals surface area contributed by atoms with Crippen molar-refractivity contribution in [2.75, 3.05) is 24.5 Å². The zero-order chi connectivity index (χ0) is 21.5. The van der Waals surface area contributed by atoms with E-state index >= 15 is 0 Å². The molecule has 0 bridgehead atoms. The number of para-hydroxylation sites is 1. The van der Waals surface area contributed by atoms with Crippen molar-refractivity contribution in [3.63, 3.8) is 0 Å². The van der Waals surface area contributed by atoms with Gasteiger partial charge in [-0.25, -0.2) is 12.7 Å². The summed E-state index contributed by atoms with van der Waals surface area (Å²) in [5.41, 5.74) is 1.54. The fraction of sp³-hybridized carbons (Fsp3) is 0.364. The minimum absolute atomic E-state index is 0.0926. The summed E-state index contributed by atoms with van der Waals surface area (Å²) in [7, 11) is -3.92. The van der Waals surface area contributed by atoms with Crippen LogP contribution in [0.4, 0.5) is 5.69 Å². The van der Waals surface area contributed by atoms with E-state index in [1.54, 1.807) is 13.8 Å². The van der Waals surface area contributed by atoms with Gasteiger partial charge in [-0.3, -0.25) is 9.59 Å². The Bertz CT molecular complexity index is 1080. The number of hydrogen-bond acceptors (Lipinski definition) is 5. The molecule has 2 amide bonds. The molecule has 1 unspecified atom stereocenters. The lowest BCUT2D eigenvalue weighted by Gasteiger charge is -2.19. The molecule has 30 heavy (non-hydrogen) atoms. The second kappa shape index (κ2) is 7.75. The van der Waals surface area contributed by atoms with E-state index in [1.165, 1.54) is 23.9 Å². The van der Waals surface area contributed by atoms with Crippen LogP contribution in [0.15, 0.2) is 53.4 Å². The highest BCUT2D eigenvalue weighted by Gasteiger charge is 2.43. The smallest absolute Gasteiger partial charge is 0.269 e. The van der Waals surface area contributed by atoms with Crippen LogP contribution in [0, 0.1) is 5.92 Å². The van der Waals surface area contributed by atoms with Gasteiger partial charge in [0.2, 0.25) is 0 Å². The third-order valence-corrected chi connectivity index (χ3v) is 7.64. The third-order valence-electron chi connectivity index (χ3n) is 5.64. The minimum atomic E-state index is -3.92. The molecule has 2 aromatic carbocycles. The Hall–Kier alpha value is -2.87. The SMILES string of the molecule is CC(C)N1C(=O)c2ccc(C(=O)NCC3CCN(c4ccccc4)C3)cc2S1(=O)=O. The lowest BCUT2D eigenvalue weighted by Crippen LogP contribution is -2.36. The first-order chi connectivity index (χ1) is 14.3. The van der Waals surface area contributed by atoms with E-state index in [2.05, 4.69) is 22.3 Å². The van der Waals surface area contributed by atoms with Crippen LogP contribution in [0.5, 0.6) is 0 Å². The highest BCUT2D eigenvalue weighted by molar-refractivity contribution is 7.90. The molecule has 7 nitrogen and oxygen atoms in total. The predicted octanol–water partition coefficient (Wildman–Crippen LogP) is 2.50. The van der Waals surface area contributed by atoms with Crippen LogP contribution in [0.3, 0.4) is 0 Å². The molecule has 1 N–H and O–H groups in total. The van der Waals surface area contributed by atoms with Gasteiger partial charge in [-0.15, -0.1) is 0 Å². The lowest BCUT2D eigenvalue weighted by molar-refractivity contribution is 0.0845. The number of nitrogens with zero attached hydrogens (tertiary/aromatic N) is 2. The number of hydrogen-bond donors (Lipinski definition) is 1. The summed E-state index contributed by atoms with van der Waals surface area (Å²) in [6, 6.07) is 13.9. The highest BCUT2D eigenvalue weighted by Crippen LogP contribution is 2.32. The number of carbonyl (C=O) groups is 2. The zero-order valence-electron chi connectivity index (χ0n) is 17.0. The summed E-state index contributed by atoms with van der Waals surface area (Å²) in [5, 5.41) is 2.92. The van der Waals surface area contributed by atoms with Gasteiger partial charge in [0.05, 0.1) is 5.56 Å². The number of nitrogens with one attached hydrogen (secondary N) is 1. The van der Waals surface area contributed by atoms with E-state index < -0.39 is 22.0 Å². The van der Waals surface area contributed by atoms with Gasteiger partial charge in [0.1, 0.15) is 4.90 Å². The van der Waals surface area contributed by atoms with E-state index in [0.717, 1.165) is 23.8 Å². The van der Waals surface area contributed by atoms with Crippen LogP contribution in [0.2, 0.25) is 0 Å². The van der Waals surface area contributed by atoms with Gasteiger partial charge < -0.3 is 10.2 Å². The molecule has 2 heterocycles. The van der Waals surface area contributed by atoms with Gasteiger partial charge in [-0.1, -0.05) is 18.2 Å². The van der Waals surface area contributed by atoms with Crippen LogP contribution >= 0.6 is 0 Å². The van der Waals surface area contributed by atoms with E-state index in [0.29, 0.717) is 12.5 Å². The van der Waals surface area contributed by atoms with Crippen molar-refractivity contribution >= 4 is 27.5 Å². The Morgan fingerprint density at radius 2 is 1.90 bits per heavy atom. The van der Waals surface area contributed by atoms with E-state index in [9.17, 15) is 18.0 Å². The van der Waals surface area contributed by atoms with Crippen LogP contribution in [0.1, 0.15) is 41.0 Å². The molecule has 1 saturated heterocycles. The summed E-state index contributed by atoms with van der Waals surface area (Å²) in [4.78, 5) is 27.3. The molecule has 8 heteroatoms. The van der Waals surface area contributed by atoms with Crippen molar-refractivity contribution in [3.8, 4) is 0 Å². The normalized spacial score (nSPS) is 20.0. The van der Waals surface area contributed by atoms with Gasteiger partial charge in [-0.05, 0) is 56.5 Å². The Morgan fingerprint density at radius 1 is 1.17 bits per heavy atom. The van der Waals surface area contributed by atoms with Crippen LogP contribution in [0.25, 0.3) is 0 Å². The summed E-state index contributed by atoms with van der Waals surface area (Å²) in [6.07, 6.45) is 0.978. The molecule has 0 spiro atoms. The molecule has 0 aliphatic carbocycles. The fourth-order valence-corrected chi connectivity index (χ4v) is 5.90. The molecule has 1 fully saturated rings. The van der Waals surface area contributed by atoms with E-state index in [-0.39, 0.29) is 21.9 Å². The molecule has 1 atom stereocenters. The Labute approximate surface area is 176 Å². The Morgan fingerprint density at radius 3 is 2.60 bits per heavy atom. The minimum Gasteiger partial charge on any atom is -0.371 e. The van der Waals surface area contributed by atoms with Crippen molar-refractivity contribution in [2.24, 2.45) is 5.92 Å². The molecular formula is C22H25N3O4S. The van der Waals surface area contributed by atoms with Crippen molar-refractivity contribution in [3.05, 3.63) is 59.7 Å². The fourth-order valence-electron chi connectivity index (χ4n) is 4.11. The van der Waals surface area contributed by atoms with Crippen molar-refractivity contribution < 1.29 is 18.0 Å². The number of benzene rings is 2. The molecule has 0 aromatic heterocycles. The van der Waals surface area contributed by atoms with Crippen molar-refractivity contribution in [1.29, 1.82) is 0 Å². The molecule has 2 aromatic rings. The highest BCUT2D eigenvalue weighted by atomic mass is 32.2. The Balaban J connectivity index is 1.42. The molecule has 2 aliphatic rings. The van der Waals surface area contributed by atoms with Crippen LogP contribution in [-0.2, 0) is 10.0 Å². The molecular weight excluding hydrogens is 402 g/mol. The summed E-state index contributed by atoms with van der Waals surface area (Å²) >= 11 is 0. The number of fused-ring (bicyclic) bond motifs is 1. The summed E-state index contributed by atoms with van der Waals surface area (Å²) in [6.45, 7) is 5.61. The van der Waals surface area contributed by atoms with E-state index in [4.69, 9.17) is 0 Å². The number of anilines is 1. The monoisotopic (exact) mass is 427 g/mol. The summed E-state index contributed by atoms with van der Waals surface area (Å²) < 4.78 is 26.3. The van der Waals surface area contributed by atoms with Crippen LogP contribution in [-0.4, -0.2) is 50.2 Å². The first kappa shape index (κ1) is 20.4. The standard InChI is InChI=1S/C22H25N3O4S/c1-15(2)25-22(27)19-9-8-17(12-20(19)30(25,28)29)21(26)23-13-16-10-11-24(14-16)18-6-4-3-5-7-18/h3-9,12,15-16H,10-11,13-14H2,1-2H3,(H,23,26). The van der Waals surface area contributed by atoms with Gasteiger partial charge >= 0.3 is 0 Å². The number of sulfonamides is 1. The molecule has 158 valence electrons. The Kier molecular flexibility index (Phi) is 5.27. The topological polar surface area (TPSA) is 86.8 Å². The maximum atomic E-state index is 12.7. The number of rotatable bonds is 5. The zero-order valence-corrected chi connectivity index (χ0v) is 17.9. The quantitative estimate of drug-likeness (QED) is 0.792. The molecule has 0 radical (unpaired) electrons. The van der Waals surface area contributed by atoms with Gasteiger partial charge in [0.25, 0.3) is 21.8 Å². The maximum absolute atomic E-state index is 12.7. The van der Waals surface area contributed by atoms with Crippen molar-refractivity contribution in [1.82, 2.24) is 9.62 Å².